The third-order valence-corrected chi connectivity index (χ3v) is 3.36. The Morgan fingerprint density at radius 1 is 1.20 bits per heavy atom. The van der Waals surface area contributed by atoms with Gasteiger partial charge in [-0.15, -0.1) is 0 Å². The summed E-state index contributed by atoms with van der Waals surface area (Å²) in [6, 6.07) is 2.04. The van der Waals surface area contributed by atoms with E-state index in [0.717, 1.165) is 25.3 Å². The number of pyridine rings is 1. The van der Waals surface area contributed by atoms with E-state index in [1.807, 2.05) is 39.2 Å². The van der Waals surface area contributed by atoms with Crippen LogP contribution in [0.4, 0.5) is 4.79 Å². The molecule has 1 heterocycles. The molecule has 25 heavy (non-hydrogen) atoms. The van der Waals surface area contributed by atoms with Gasteiger partial charge in [-0.2, -0.15) is 0 Å². The highest BCUT2D eigenvalue weighted by Crippen LogP contribution is 2.06. The molecule has 1 amide bonds. The number of nitrogens with one attached hydrogen (secondary N) is 3. The molecule has 1 rings (SSSR count). The summed E-state index contributed by atoms with van der Waals surface area (Å²) < 4.78 is 5.18. The van der Waals surface area contributed by atoms with Crippen molar-refractivity contribution in [3.05, 3.63) is 29.6 Å². The van der Waals surface area contributed by atoms with Gasteiger partial charge in [0.25, 0.3) is 0 Å². The number of guanidine groups is 1. The van der Waals surface area contributed by atoms with Gasteiger partial charge in [0.1, 0.15) is 5.60 Å². The molecule has 0 radical (unpaired) electrons. The van der Waals surface area contributed by atoms with Gasteiger partial charge in [0.2, 0.25) is 0 Å². The number of ether oxygens (including phenoxy) is 1. The number of hydrogen-bond donors (Lipinski definition) is 3. The number of nitrogens with zero attached hydrogens (tertiary/aromatic N) is 2. The highest BCUT2D eigenvalue weighted by molar-refractivity contribution is 5.79. The first kappa shape index (κ1) is 20.7. The van der Waals surface area contributed by atoms with Crippen LogP contribution in [0.2, 0.25) is 0 Å². The van der Waals surface area contributed by atoms with Crippen molar-refractivity contribution >= 4 is 12.1 Å². The Morgan fingerprint density at radius 3 is 2.52 bits per heavy atom. The minimum Gasteiger partial charge on any atom is -0.444 e. The van der Waals surface area contributed by atoms with Crippen molar-refractivity contribution in [3.63, 3.8) is 0 Å². The first-order valence-electron chi connectivity index (χ1n) is 8.62. The maximum atomic E-state index is 11.5. The molecule has 0 saturated heterocycles. The van der Waals surface area contributed by atoms with Gasteiger partial charge in [0, 0.05) is 39.1 Å². The number of carbonyl (C=O) groups excluding carboxylic acids is 1. The van der Waals surface area contributed by atoms with Gasteiger partial charge in [-0.3, -0.25) is 9.98 Å². The molecule has 0 aliphatic rings. The second kappa shape index (κ2) is 10.5. The first-order chi connectivity index (χ1) is 11.8. The molecule has 0 saturated carbocycles. The molecule has 3 N–H and O–H groups in total. The quantitative estimate of drug-likeness (QED) is 0.398. The zero-order chi connectivity index (χ0) is 18.7. The summed E-state index contributed by atoms with van der Waals surface area (Å²) in [6.45, 7) is 9.65. The second-order valence-electron chi connectivity index (χ2n) is 6.76. The Bertz CT molecular complexity index is 567. The number of amides is 1. The lowest BCUT2D eigenvalue weighted by Crippen LogP contribution is -2.40. The predicted molar refractivity (Wildman–Crippen MR) is 101 cm³/mol. The summed E-state index contributed by atoms with van der Waals surface area (Å²) in [4.78, 5) is 19.8. The zero-order valence-corrected chi connectivity index (χ0v) is 16.0. The lowest BCUT2D eigenvalue weighted by molar-refractivity contribution is 0.0527. The molecule has 140 valence electrons. The lowest BCUT2D eigenvalue weighted by Gasteiger charge is -2.19. The van der Waals surface area contributed by atoms with Gasteiger partial charge in [-0.1, -0.05) is 0 Å². The van der Waals surface area contributed by atoms with Crippen molar-refractivity contribution in [2.45, 2.75) is 46.1 Å². The number of aliphatic imine (C=N–C) groups is 1. The Morgan fingerprint density at radius 2 is 1.88 bits per heavy atom. The van der Waals surface area contributed by atoms with Gasteiger partial charge < -0.3 is 20.7 Å². The molecule has 7 nitrogen and oxygen atoms in total. The van der Waals surface area contributed by atoms with Gasteiger partial charge in [-0.05, 0) is 57.7 Å². The van der Waals surface area contributed by atoms with Gasteiger partial charge in [0.15, 0.2) is 5.96 Å². The number of alkyl carbamates (subject to hydrolysis) is 1. The molecular formula is C18H31N5O2. The van der Waals surface area contributed by atoms with Crippen LogP contribution in [-0.2, 0) is 11.2 Å². The fourth-order valence-corrected chi connectivity index (χ4v) is 2.12. The van der Waals surface area contributed by atoms with Gasteiger partial charge in [-0.25, -0.2) is 4.79 Å². The van der Waals surface area contributed by atoms with E-state index in [1.165, 1.54) is 11.1 Å². The van der Waals surface area contributed by atoms with Crippen molar-refractivity contribution < 1.29 is 9.53 Å². The minimum atomic E-state index is -0.471. The molecular weight excluding hydrogens is 318 g/mol. The third kappa shape index (κ3) is 9.54. The molecule has 1 aromatic rings. The molecule has 7 heteroatoms. The topological polar surface area (TPSA) is 87.6 Å². The minimum absolute atomic E-state index is 0.386. The summed E-state index contributed by atoms with van der Waals surface area (Å²) in [5.74, 6) is 0.754. The second-order valence-corrected chi connectivity index (χ2v) is 6.76. The average molecular weight is 349 g/mol. The number of rotatable bonds is 7. The molecule has 0 aliphatic carbocycles. The van der Waals surface area contributed by atoms with Crippen LogP contribution in [0.25, 0.3) is 0 Å². The van der Waals surface area contributed by atoms with Gasteiger partial charge >= 0.3 is 6.09 Å². The van der Waals surface area contributed by atoms with E-state index in [0.29, 0.717) is 13.1 Å². The van der Waals surface area contributed by atoms with E-state index in [1.54, 1.807) is 7.05 Å². The smallest absolute Gasteiger partial charge is 0.407 e. The molecule has 0 atom stereocenters. The van der Waals surface area contributed by atoms with Crippen LogP contribution in [0.15, 0.2) is 23.5 Å². The van der Waals surface area contributed by atoms with E-state index >= 15 is 0 Å². The largest absolute Gasteiger partial charge is 0.444 e. The van der Waals surface area contributed by atoms with Gasteiger partial charge in [0.05, 0.1) is 0 Å². The molecule has 0 unspecified atom stereocenters. The third-order valence-electron chi connectivity index (χ3n) is 3.36. The monoisotopic (exact) mass is 349 g/mol. The number of aryl methyl sites for hydroxylation is 1. The lowest BCUT2D eigenvalue weighted by atomic mass is 10.1. The summed E-state index contributed by atoms with van der Waals surface area (Å²) in [6.07, 6.45) is 4.99. The van der Waals surface area contributed by atoms with Crippen molar-refractivity contribution in [2.24, 2.45) is 4.99 Å². The summed E-state index contributed by atoms with van der Waals surface area (Å²) in [7, 11) is 1.74. The van der Waals surface area contributed by atoms with E-state index < -0.39 is 5.60 Å². The predicted octanol–water partition coefficient (Wildman–Crippen LogP) is 2.01. The van der Waals surface area contributed by atoms with E-state index in [9.17, 15) is 4.79 Å². The van der Waals surface area contributed by atoms with Crippen molar-refractivity contribution in [2.75, 3.05) is 26.7 Å². The molecule has 0 fully saturated rings. The van der Waals surface area contributed by atoms with Crippen molar-refractivity contribution in [1.29, 1.82) is 0 Å². The van der Waals surface area contributed by atoms with Crippen LogP contribution < -0.4 is 16.0 Å². The maximum Gasteiger partial charge on any atom is 0.407 e. The SMILES string of the molecule is CN=C(NCCCNC(=O)OC(C)(C)C)NCCc1ccncc1C. The van der Waals surface area contributed by atoms with E-state index in [4.69, 9.17) is 4.74 Å². The molecule has 0 spiro atoms. The molecule has 0 aliphatic heterocycles. The van der Waals surface area contributed by atoms with Crippen LogP contribution in [0.3, 0.4) is 0 Å². The number of aromatic nitrogens is 1. The summed E-state index contributed by atoms with van der Waals surface area (Å²) in [5, 5.41) is 9.24. The summed E-state index contributed by atoms with van der Waals surface area (Å²) >= 11 is 0. The van der Waals surface area contributed by atoms with Crippen molar-refractivity contribution in [1.82, 2.24) is 20.9 Å². The van der Waals surface area contributed by atoms with Crippen LogP contribution in [0.5, 0.6) is 0 Å². The normalized spacial score (nSPS) is 11.8. The Labute approximate surface area is 150 Å². The van der Waals surface area contributed by atoms with Crippen LogP contribution in [0.1, 0.15) is 38.3 Å². The van der Waals surface area contributed by atoms with Crippen LogP contribution in [0, 0.1) is 6.92 Å². The van der Waals surface area contributed by atoms with Crippen LogP contribution in [-0.4, -0.2) is 49.3 Å². The van der Waals surface area contributed by atoms with Crippen molar-refractivity contribution in [3.8, 4) is 0 Å². The standard InChI is InChI=1S/C18H31N5O2/c1-14-13-20-11-7-15(14)8-12-22-16(19-5)21-9-6-10-23-17(24)25-18(2,3)4/h7,11,13H,6,8-10,12H2,1-5H3,(H,23,24)(H2,19,21,22). The fourth-order valence-electron chi connectivity index (χ4n) is 2.12. The van der Waals surface area contributed by atoms with Crippen LogP contribution >= 0.6 is 0 Å². The Balaban J connectivity index is 2.16. The molecule has 1 aromatic heterocycles. The number of carbonyl (C=O) groups is 1. The van der Waals surface area contributed by atoms with E-state index in [-0.39, 0.29) is 6.09 Å². The molecule has 0 bridgehead atoms. The average Bonchev–Trinajstić information content (AvgIpc) is 2.53. The fraction of sp³-hybridized carbons (Fsp3) is 0.611. The Hall–Kier alpha value is -2.31. The maximum absolute atomic E-state index is 11.5. The Kier molecular flexibility index (Phi) is 8.74. The summed E-state index contributed by atoms with van der Waals surface area (Å²) in [5.41, 5.74) is 2.00. The van der Waals surface area contributed by atoms with E-state index in [2.05, 4.69) is 32.9 Å². The zero-order valence-electron chi connectivity index (χ0n) is 16.0. The highest BCUT2D eigenvalue weighted by Gasteiger charge is 2.15. The number of hydrogen-bond acceptors (Lipinski definition) is 4. The highest BCUT2D eigenvalue weighted by atomic mass is 16.6. The molecule has 0 aromatic carbocycles. The first-order valence-corrected chi connectivity index (χ1v) is 8.62.